The first-order valence-corrected chi connectivity index (χ1v) is 7.46. The average Bonchev–Trinajstić information content (AvgIpc) is 3.34. The molecule has 1 N–H and O–H groups in total. The summed E-state index contributed by atoms with van der Waals surface area (Å²) >= 11 is 0. The van der Waals surface area contributed by atoms with Crippen LogP contribution in [0.25, 0.3) is 11.2 Å². The predicted molar refractivity (Wildman–Crippen MR) is 86.4 cm³/mol. The number of hydrogen-bond donors (Lipinski definition) is 1. The lowest BCUT2D eigenvalue weighted by Gasteiger charge is -2.12. The molecule has 0 radical (unpaired) electrons. The second-order valence-electron chi connectivity index (χ2n) is 5.47. The Kier molecular flexibility index (Phi) is 3.25. The number of aromatic nitrogens is 4. The molecule has 0 aliphatic heterocycles. The zero-order chi connectivity index (χ0) is 15.8. The maximum atomic E-state index is 5.41. The van der Waals surface area contributed by atoms with Crippen molar-refractivity contribution in [2.24, 2.45) is 0 Å². The van der Waals surface area contributed by atoms with E-state index in [-0.39, 0.29) is 0 Å². The summed E-state index contributed by atoms with van der Waals surface area (Å²) in [6, 6.07) is 6.11. The fraction of sp³-hybridized carbons (Fsp3) is 0.312. The lowest BCUT2D eigenvalue weighted by Crippen LogP contribution is -2.00. The minimum absolute atomic E-state index is 0.526. The number of ether oxygens (including phenoxy) is 2. The van der Waals surface area contributed by atoms with Gasteiger partial charge in [-0.2, -0.15) is 0 Å². The van der Waals surface area contributed by atoms with Crippen molar-refractivity contribution >= 4 is 22.7 Å². The highest BCUT2D eigenvalue weighted by Crippen LogP contribution is 2.38. The molecule has 2 aromatic heterocycles. The van der Waals surface area contributed by atoms with Gasteiger partial charge in [-0.1, -0.05) is 0 Å². The summed E-state index contributed by atoms with van der Waals surface area (Å²) < 4.78 is 12.8. The van der Waals surface area contributed by atoms with Crippen molar-refractivity contribution in [2.45, 2.75) is 18.9 Å². The first kappa shape index (κ1) is 13.8. The lowest BCUT2D eigenvalue weighted by molar-refractivity contribution is 0.395. The number of nitrogens with zero attached hydrogens (tertiary/aromatic N) is 4. The Morgan fingerprint density at radius 3 is 2.74 bits per heavy atom. The predicted octanol–water partition coefficient (Wildman–Crippen LogP) is 2.92. The SMILES string of the molecule is COc1ccc(Nc2ncnc3c2ncn3C2CC2)c(OC)c1. The Morgan fingerprint density at radius 1 is 1.13 bits per heavy atom. The van der Waals surface area contributed by atoms with Gasteiger partial charge in [0.05, 0.1) is 26.2 Å². The molecule has 3 aromatic rings. The van der Waals surface area contributed by atoms with Crippen molar-refractivity contribution < 1.29 is 9.47 Å². The number of methoxy groups -OCH3 is 2. The Morgan fingerprint density at radius 2 is 2.00 bits per heavy atom. The van der Waals surface area contributed by atoms with Crippen LogP contribution in [-0.4, -0.2) is 33.7 Å². The van der Waals surface area contributed by atoms with E-state index in [0.717, 1.165) is 22.6 Å². The van der Waals surface area contributed by atoms with Crippen molar-refractivity contribution in [3.63, 3.8) is 0 Å². The van der Waals surface area contributed by atoms with E-state index in [2.05, 4.69) is 24.8 Å². The summed E-state index contributed by atoms with van der Waals surface area (Å²) in [7, 11) is 3.25. The van der Waals surface area contributed by atoms with E-state index < -0.39 is 0 Å². The fourth-order valence-corrected chi connectivity index (χ4v) is 2.59. The van der Waals surface area contributed by atoms with E-state index in [1.807, 2.05) is 24.5 Å². The Balaban J connectivity index is 1.73. The molecule has 1 saturated carbocycles. The van der Waals surface area contributed by atoms with Crippen LogP contribution < -0.4 is 14.8 Å². The van der Waals surface area contributed by atoms with Crippen molar-refractivity contribution in [3.8, 4) is 11.5 Å². The van der Waals surface area contributed by atoms with Crippen molar-refractivity contribution in [3.05, 3.63) is 30.9 Å². The molecule has 23 heavy (non-hydrogen) atoms. The molecule has 4 rings (SSSR count). The summed E-state index contributed by atoms with van der Waals surface area (Å²) in [5, 5.41) is 3.28. The van der Waals surface area contributed by atoms with Gasteiger partial charge in [0.1, 0.15) is 17.8 Å². The molecule has 1 aliphatic rings. The van der Waals surface area contributed by atoms with Gasteiger partial charge in [-0.15, -0.1) is 0 Å². The molecule has 0 spiro atoms. The van der Waals surface area contributed by atoms with Crippen LogP contribution in [-0.2, 0) is 0 Å². The first-order valence-electron chi connectivity index (χ1n) is 7.46. The van der Waals surface area contributed by atoms with E-state index in [1.165, 1.54) is 12.8 Å². The highest BCUT2D eigenvalue weighted by atomic mass is 16.5. The highest BCUT2D eigenvalue weighted by Gasteiger charge is 2.26. The maximum absolute atomic E-state index is 5.41. The third kappa shape index (κ3) is 2.44. The highest BCUT2D eigenvalue weighted by molar-refractivity contribution is 5.86. The molecule has 0 amide bonds. The van der Waals surface area contributed by atoms with Crippen LogP contribution in [0.3, 0.4) is 0 Å². The second-order valence-corrected chi connectivity index (χ2v) is 5.47. The zero-order valence-electron chi connectivity index (χ0n) is 13.0. The molecule has 0 unspecified atom stereocenters. The number of benzene rings is 1. The van der Waals surface area contributed by atoms with Crippen LogP contribution in [0.1, 0.15) is 18.9 Å². The van der Waals surface area contributed by atoms with Gasteiger partial charge in [-0.05, 0) is 25.0 Å². The van der Waals surface area contributed by atoms with Crippen LogP contribution in [0, 0.1) is 0 Å². The third-order valence-corrected chi connectivity index (χ3v) is 3.96. The molecular formula is C16H17N5O2. The van der Waals surface area contributed by atoms with Gasteiger partial charge in [-0.3, -0.25) is 0 Å². The third-order valence-electron chi connectivity index (χ3n) is 3.96. The quantitative estimate of drug-likeness (QED) is 0.781. The topological polar surface area (TPSA) is 74.1 Å². The van der Waals surface area contributed by atoms with Gasteiger partial charge in [-0.25, -0.2) is 15.0 Å². The Hall–Kier alpha value is -2.83. The van der Waals surface area contributed by atoms with Crippen LogP contribution in [0.15, 0.2) is 30.9 Å². The molecule has 2 heterocycles. The molecular weight excluding hydrogens is 294 g/mol. The number of fused-ring (bicyclic) bond motifs is 1. The van der Waals surface area contributed by atoms with Crippen molar-refractivity contribution in [1.82, 2.24) is 19.5 Å². The summed E-state index contributed by atoms with van der Waals surface area (Å²) in [5.74, 6) is 2.08. The first-order chi connectivity index (χ1) is 11.3. The molecule has 0 atom stereocenters. The van der Waals surface area contributed by atoms with Gasteiger partial charge < -0.3 is 19.4 Å². The summed E-state index contributed by atoms with van der Waals surface area (Å²) in [4.78, 5) is 13.2. The number of imidazole rings is 1. The fourth-order valence-electron chi connectivity index (χ4n) is 2.59. The standard InChI is InChI=1S/C16H17N5O2/c1-22-11-5-6-12(13(7-11)23-2)20-15-14-16(18-8-17-15)21(9-19-14)10-3-4-10/h5-10H,3-4H2,1-2H3,(H,17,18,20). The lowest BCUT2D eigenvalue weighted by atomic mass is 10.2. The molecule has 118 valence electrons. The van der Waals surface area contributed by atoms with Crippen molar-refractivity contribution in [1.29, 1.82) is 0 Å². The molecule has 0 saturated heterocycles. The van der Waals surface area contributed by atoms with E-state index in [4.69, 9.17) is 9.47 Å². The maximum Gasteiger partial charge on any atom is 0.165 e. The molecule has 7 heteroatoms. The van der Waals surface area contributed by atoms with Gasteiger partial charge >= 0.3 is 0 Å². The minimum atomic E-state index is 0.526. The van der Waals surface area contributed by atoms with Gasteiger partial charge in [0.25, 0.3) is 0 Å². The van der Waals surface area contributed by atoms with E-state index in [9.17, 15) is 0 Å². The Bertz CT molecular complexity index is 857. The molecule has 1 aliphatic carbocycles. The minimum Gasteiger partial charge on any atom is -0.497 e. The second kappa shape index (κ2) is 5.42. The van der Waals surface area contributed by atoms with Gasteiger partial charge in [0.15, 0.2) is 17.0 Å². The number of hydrogen-bond acceptors (Lipinski definition) is 6. The zero-order valence-corrected chi connectivity index (χ0v) is 13.0. The average molecular weight is 311 g/mol. The summed E-state index contributed by atoms with van der Waals surface area (Å²) in [6.07, 6.45) is 5.77. The smallest absolute Gasteiger partial charge is 0.165 e. The summed E-state index contributed by atoms with van der Waals surface area (Å²) in [5.41, 5.74) is 2.42. The van der Waals surface area contributed by atoms with Gasteiger partial charge in [0, 0.05) is 12.1 Å². The largest absolute Gasteiger partial charge is 0.497 e. The van der Waals surface area contributed by atoms with Crippen LogP contribution >= 0.6 is 0 Å². The van der Waals surface area contributed by atoms with Crippen LogP contribution in [0.2, 0.25) is 0 Å². The normalized spacial score (nSPS) is 14.0. The van der Waals surface area contributed by atoms with E-state index >= 15 is 0 Å². The van der Waals surface area contributed by atoms with Crippen molar-refractivity contribution in [2.75, 3.05) is 19.5 Å². The Labute approximate surface area is 133 Å². The number of anilines is 2. The van der Waals surface area contributed by atoms with E-state index in [0.29, 0.717) is 17.6 Å². The number of nitrogens with one attached hydrogen (secondary N) is 1. The number of rotatable bonds is 5. The van der Waals surface area contributed by atoms with Crippen LogP contribution in [0.4, 0.5) is 11.5 Å². The molecule has 7 nitrogen and oxygen atoms in total. The van der Waals surface area contributed by atoms with Crippen LogP contribution in [0.5, 0.6) is 11.5 Å². The summed E-state index contributed by atoms with van der Waals surface area (Å²) in [6.45, 7) is 0. The molecule has 0 bridgehead atoms. The molecule has 1 fully saturated rings. The van der Waals surface area contributed by atoms with E-state index in [1.54, 1.807) is 20.5 Å². The van der Waals surface area contributed by atoms with Gasteiger partial charge in [0.2, 0.25) is 0 Å². The monoisotopic (exact) mass is 311 g/mol. The molecule has 1 aromatic carbocycles.